The first-order chi connectivity index (χ1) is 11.2. The minimum atomic E-state index is -0.310. The third kappa shape index (κ3) is 5.57. The predicted molar refractivity (Wildman–Crippen MR) is 91.6 cm³/mol. The van der Waals surface area contributed by atoms with Crippen molar-refractivity contribution in [2.75, 3.05) is 0 Å². The van der Waals surface area contributed by atoms with Crippen LogP contribution < -0.4 is 15.4 Å². The Morgan fingerprint density at radius 1 is 1.38 bits per heavy atom. The minimum Gasteiger partial charge on any atom is -0.472 e. The van der Waals surface area contributed by atoms with Crippen LogP contribution in [0.2, 0.25) is 0 Å². The number of amides is 2. The lowest BCUT2D eigenvalue weighted by Gasteiger charge is -2.20. The number of carbonyl (C=O) groups is 1. The molecule has 2 aromatic rings. The van der Waals surface area contributed by atoms with Crippen LogP contribution in [0.4, 0.5) is 4.79 Å². The highest BCUT2D eigenvalue weighted by Crippen LogP contribution is 2.15. The van der Waals surface area contributed by atoms with Crippen LogP contribution in [-0.2, 0) is 13.6 Å². The molecule has 0 aliphatic carbocycles. The molecule has 2 heterocycles. The summed E-state index contributed by atoms with van der Waals surface area (Å²) in [6.07, 6.45) is 3.61. The van der Waals surface area contributed by atoms with Crippen molar-refractivity contribution < 1.29 is 9.53 Å². The number of nitrogens with one attached hydrogen (secondary N) is 2. The highest BCUT2D eigenvalue weighted by molar-refractivity contribution is 5.74. The monoisotopic (exact) mass is 331 g/mol. The Balaban J connectivity index is 1.86. The molecule has 24 heavy (non-hydrogen) atoms. The second-order valence-electron chi connectivity index (χ2n) is 6.68. The smallest absolute Gasteiger partial charge is 0.315 e. The Morgan fingerprint density at radius 2 is 2.12 bits per heavy atom. The van der Waals surface area contributed by atoms with Crippen molar-refractivity contribution in [3.63, 3.8) is 0 Å². The van der Waals surface area contributed by atoms with E-state index in [0.717, 1.165) is 11.3 Å². The molecule has 7 heteroatoms. The fourth-order valence-corrected chi connectivity index (χ4v) is 2.09. The van der Waals surface area contributed by atoms with Crippen LogP contribution in [0.5, 0.6) is 5.88 Å². The largest absolute Gasteiger partial charge is 0.472 e. The number of aromatic nitrogens is 3. The SMILES string of the molecule is CC(NC(=O)NCc1cccc(OC(C)(C)C)n1)c1cnn(C)c1. The van der Waals surface area contributed by atoms with Crippen LogP contribution >= 0.6 is 0 Å². The summed E-state index contributed by atoms with van der Waals surface area (Å²) in [5, 5.41) is 9.77. The highest BCUT2D eigenvalue weighted by atomic mass is 16.5. The third-order valence-electron chi connectivity index (χ3n) is 3.19. The van der Waals surface area contributed by atoms with Crippen LogP contribution in [0.15, 0.2) is 30.6 Å². The fraction of sp³-hybridized carbons (Fsp3) is 0.471. The molecule has 0 radical (unpaired) electrons. The lowest BCUT2D eigenvalue weighted by atomic mass is 10.2. The van der Waals surface area contributed by atoms with Gasteiger partial charge >= 0.3 is 6.03 Å². The van der Waals surface area contributed by atoms with Crippen molar-refractivity contribution in [2.45, 2.75) is 45.9 Å². The van der Waals surface area contributed by atoms with Gasteiger partial charge in [-0.2, -0.15) is 5.10 Å². The van der Waals surface area contributed by atoms with Crippen molar-refractivity contribution in [1.82, 2.24) is 25.4 Å². The predicted octanol–water partition coefficient (Wildman–Crippen LogP) is 2.55. The summed E-state index contributed by atoms with van der Waals surface area (Å²) in [5.74, 6) is 0.547. The molecule has 2 rings (SSSR count). The number of hydrogen-bond donors (Lipinski definition) is 2. The van der Waals surface area contributed by atoms with Crippen molar-refractivity contribution in [3.8, 4) is 5.88 Å². The number of aryl methyl sites for hydroxylation is 1. The maximum atomic E-state index is 12.0. The summed E-state index contributed by atoms with van der Waals surface area (Å²) < 4.78 is 7.43. The number of ether oxygens (including phenoxy) is 1. The van der Waals surface area contributed by atoms with E-state index >= 15 is 0 Å². The molecule has 0 saturated heterocycles. The average Bonchev–Trinajstić information content (AvgIpc) is 2.90. The van der Waals surface area contributed by atoms with Gasteiger partial charge in [-0.05, 0) is 33.8 Å². The van der Waals surface area contributed by atoms with Crippen LogP contribution in [0.25, 0.3) is 0 Å². The molecule has 130 valence electrons. The Morgan fingerprint density at radius 3 is 2.75 bits per heavy atom. The van der Waals surface area contributed by atoms with E-state index < -0.39 is 0 Å². The van der Waals surface area contributed by atoms with Gasteiger partial charge in [0.2, 0.25) is 5.88 Å². The van der Waals surface area contributed by atoms with Gasteiger partial charge in [-0.1, -0.05) is 6.07 Å². The van der Waals surface area contributed by atoms with E-state index in [2.05, 4.69) is 20.7 Å². The van der Waals surface area contributed by atoms with E-state index in [-0.39, 0.29) is 17.7 Å². The molecule has 2 amide bonds. The number of pyridine rings is 1. The molecule has 0 bridgehead atoms. The summed E-state index contributed by atoms with van der Waals surface area (Å²) in [5.41, 5.74) is 1.38. The number of carbonyl (C=O) groups excluding carboxylic acids is 1. The summed E-state index contributed by atoms with van der Waals surface area (Å²) >= 11 is 0. The standard InChI is InChI=1S/C17H25N5O2/c1-12(13-9-19-22(5)11-13)20-16(23)18-10-14-7-6-8-15(21-14)24-17(2,3)4/h6-9,11-12H,10H2,1-5H3,(H2,18,20,23). The number of nitrogens with zero attached hydrogens (tertiary/aromatic N) is 3. The lowest BCUT2D eigenvalue weighted by Crippen LogP contribution is -2.36. The van der Waals surface area contributed by atoms with Crippen molar-refractivity contribution in [3.05, 3.63) is 41.9 Å². The summed E-state index contributed by atoms with van der Waals surface area (Å²) in [6.45, 7) is 8.13. The van der Waals surface area contributed by atoms with Crippen LogP contribution in [0, 0.1) is 0 Å². The Kier molecular flexibility index (Phi) is 5.43. The molecule has 0 aliphatic rings. The van der Waals surface area contributed by atoms with E-state index in [1.54, 1.807) is 16.9 Å². The second-order valence-corrected chi connectivity index (χ2v) is 6.68. The van der Waals surface area contributed by atoms with Crippen molar-refractivity contribution >= 4 is 6.03 Å². The summed E-state index contributed by atoms with van der Waals surface area (Å²) in [6, 6.07) is 5.14. The summed E-state index contributed by atoms with van der Waals surface area (Å²) in [4.78, 5) is 16.4. The van der Waals surface area contributed by atoms with Gasteiger partial charge in [-0.25, -0.2) is 9.78 Å². The number of rotatable bonds is 5. The maximum Gasteiger partial charge on any atom is 0.315 e. The molecule has 2 aromatic heterocycles. The Hall–Kier alpha value is -2.57. The average molecular weight is 331 g/mol. The van der Waals surface area contributed by atoms with Gasteiger partial charge in [0.05, 0.1) is 24.5 Å². The zero-order chi connectivity index (χ0) is 17.7. The molecule has 0 aromatic carbocycles. The van der Waals surface area contributed by atoms with Gasteiger partial charge in [-0.3, -0.25) is 4.68 Å². The molecular weight excluding hydrogens is 306 g/mol. The Labute approximate surface area is 142 Å². The van der Waals surface area contributed by atoms with Gasteiger partial charge < -0.3 is 15.4 Å². The second kappa shape index (κ2) is 7.33. The van der Waals surface area contributed by atoms with Gasteiger partial charge in [0.15, 0.2) is 0 Å². The molecule has 1 unspecified atom stereocenters. The molecular formula is C17H25N5O2. The lowest BCUT2D eigenvalue weighted by molar-refractivity contribution is 0.123. The molecule has 1 atom stereocenters. The van der Waals surface area contributed by atoms with E-state index in [1.165, 1.54) is 0 Å². The number of urea groups is 1. The Bertz CT molecular complexity index is 690. The first kappa shape index (κ1) is 17.8. The number of hydrogen-bond acceptors (Lipinski definition) is 4. The maximum absolute atomic E-state index is 12.0. The van der Waals surface area contributed by atoms with Gasteiger partial charge in [0.1, 0.15) is 5.60 Å². The summed E-state index contributed by atoms with van der Waals surface area (Å²) in [7, 11) is 1.84. The molecule has 0 aliphatic heterocycles. The van der Waals surface area contributed by atoms with Crippen LogP contribution in [0.3, 0.4) is 0 Å². The van der Waals surface area contributed by atoms with E-state index in [9.17, 15) is 4.79 Å². The molecule has 2 N–H and O–H groups in total. The van der Waals surface area contributed by atoms with E-state index in [1.807, 2.05) is 53.1 Å². The first-order valence-electron chi connectivity index (χ1n) is 7.91. The fourth-order valence-electron chi connectivity index (χ4n) is 2.09. The third-order valence-corrected chi connectivity index (χ3v) is 3.19. The molecule has 0 spiro atoms. The first-order valence-corrected chi connectivity index (χ1v) is 7.91. The highest BCUT2D eigenvalue weighted by Gasteiger charge is 2.13. The molecule has 0 saturated carbocycles. The van der Waals surface area contributed by atoms with Crippen LogP contribution in [0.1, 0.15) is 45.0 Å². The zero-order valence-electron chi connectivity index (χ0n) is 14.8. The quantitative estimate of drug-likeness (QED) is 0.882. The zero-order valence-corrected chi connectivity index (χ0v) is 14.8. The van der Waals surface area contributed by atoms with E-state index in [4.69, 9.17) is 4.74 Å². The molecule has 7 nitrogen and oxygen atoms in total. The van der Waals surface area contributed by atoms with E-state index in [0.29, 0.717) is 12.4 Å². The van der Waals surface area contributed by atoms with Crippen molar-refractivity contribution in [2.24, 2.45) is 7.05 Å². The van der Waals surface area contributed by atoms with Gasteiger partial charge in [0.25, 0.3) is 0 Å². The van der Waals surface area contributed by atoms with Gasteiger partial charge in [-0.15, -0.1) is 0 Å². The molecule has 0 fully saturated rings. The minimum absolute atomic E-state index is 0.123. The normalized spacial score (nSPS) is 12.5. The van der Waals surface area contributed by atoms with Crippen molar-refractivity contribution in [1.29, 1.82) is 0 Å². The van der Waals surface area contributed by atoms with Crippen LogP contribution in [-0.4, -0.2) is 26.4 Å². The van der Waals surface area contributed by atoms with Gasteiger partial charge in [0, 0.05) is 24.9 Å². The topological polar surface area (TPSA) is 81.1 Å².